The van der Waals surface area contributed by atoms with Gasteiger partial charge in [0, 0.05) is 17.5 Å². The summed E-state index contributed by atoms with van der Waals surface area (Å²) in [7, 11) is 0. The first kappa shape index (κ1) is 16.9. The Labute approximate surface area is 139 Å². The maximum absolute atomic E-state index is 12.9. The van der Waals surface area contributed by atoms with Crippen LogP contribution in [0.2, 0.25) is 0 Å². The Balaban J connectivity index is 0.00000176. The van der Waals surface area contributed by atoms with Gasteiger partial charge in [0.1, 0.15) is 5.82 Å². The molecule has 3 nitrogen and oxygen atoms in total. The number of nitrogens with one attached hydrogen (secondary N) is 2. The van der Waals surface area contributed by atoms with Crippen molar-refractivity contribution >= 4 is 29.7 Å². The van der Waals surface area contributed by atoms with E-state index in [1.54, 1.807) is 12.1 Å². The van der Waals surface area contributed by atoms with Crippen LogP contribution in [-0.4, -0.2) is 25.0 Å². The highest BCUT2D eigenvalue weighted by molar-refractivity contribution is 7.17. The van der Waals surface area contributed by atoms with E-state index in [-0.39, 0.29) is 30.2 Å². The van der Waals surface area contributed by atoms with Crippen LogP contribution < -0.4 is 10.6 Å². The van der Waals surface area contributed by atoms with Gasteiger partial charge >= 0.3 is 0 Å². The Morgan fingerprint density at radius 3 is 2.68 bits per heavy atom. The lowest BCUT2D eigenvalue weighted by molar-refractivity contribution is 0.0935. The lowest BCUT2D eigenvalue weighted by Gasteiger charge is -2.23. The van der Waals surface area contributed by atoms with Crippen molar-refractivity contribution in [2.45, 2.75) is 18.9 Å². The molecule has 1 atom stereocenters. The second-order valence-electron chi connectivity index (χ2n) is 5.19. The number of rotatable bonds is 3. The van der Waals surface area contributed by atoms with Crippen LogP contribution in [0.25, 0.3) is 10.4 Å². The molecule has 0 bridgehead atoms. The van der Waals surface area contributed by atoms with Gasteiger partial charge in [-0.25, -0.2) is 4.39 Å². The Morgan fingerprint density at radius 1 is 1.23 bits per heavy atom. The molecule has 1 amide bonds. The quantitative estimate of drug-likeness (QED) is 0.898. The number of hydrogen-bond donors (Lipinski definition) is 2. The predicted octanol–water partition coefficient (Wildman–Crippen LogP) is 3.46. The highest BCUT2D eigenvalue weighted by atomic mass is 35.5. The van der Waals surface area contributed by atoms with E-state index < -0.39 is 0 Å². The molecular formula is C16H18ClFN2OS. The SMILES string of the molecule is Cl.O=C(NC1CCCNC1)c1ccc(-c2ccc(F)cc2)s1. The summed E-state index contributed by atoms with van der Waals surface area (Å²) in [6.45, 7) is 1.86. The van der Waals surface area contributed by atoms with Gasteiger partial charge in [-0.1, -0.05) is 12.1 Å². The number of amides is 1. The summed E-state index contributed by atoms with van der Waals surface area (Å²) < 4.78 is 12.9. The van der Waals surface area contributed by atoms with Crippen molar-refractivity contribution in [2.24, 2.45) is 0 Å². The third-order valence-corrected chi connectivity index (χ3v) is 4.72. The van der Waals surface area contributed by atoms with Crippen LogP contribution in [0.5, 0.6) is 0 Å². The van der Waals surface area contributed by atoms with Crippen LogP contribution in [0.15, 0.2) is 36.4 Å². The standard InChI is InChI=1S/C16H17FN2OS.ClH/c17-12-5-3-11(4-6-12)14-7-8-15(21-14)16(20)19-13-2-1-9-18-10-13;/h3-8,13,18H,1-2,9-10H2,(H,19,20);1H. The molecule has 0 radical (unpaired) electrons. The molecule has 0 aliphatic carbocycles. The zero-order chi connectivity index (χ0) is 14.7. The van der Waals surface area contributed by atoms with Crippen molar-refractivity contribution in [3.63, 3.8) is 0 Å². The third kappa shape index (κ3) is 4.06. The van der Waals surface area contributed by atoms with Gasteiger partial charge in [-0.2, -0.15) is 0 Å². The summed E-state index contributed by atoms with van der Waals surface area (Å²) in [5.41, 5.74) is 0.930. The number of benzene rings is 1. The van der Waals surface area contributed by atoms with E-state index in [1.807, 2.05) is 12.1 Å². The average molecular weight is 341 g/mol. The Kier molecular flexibility index (Phi) is 5.94. The van der Waals surface area contributed by atoms with Gasteiger partial charge in [-0.05, 0) is 49.2 Å². The minimum Gasteiger partial charge on any atom is -0.347 e. The molecule has 3 rings (SSSR count). The Bertz CT molecular complexity index is 623. The number of carbonyl (C=O) groups is 1. The van der Waals surface area contributed by atoms with Crippen molar-refractivity contribution in [3.8, 4) is 10.4 Å². The smallest absolute Gasteiger partial charge is 0.261 e. The van der Waals surface area contributed by atoms with Crippen molar-refractivity contribution in [1.29, 1.82) is 0 Å². The fraction of sp³-hybridized carbons (Fsp3) is 0.312. The van der Waals surface area contributed by atoms with Crippen molar-refractivity contribution in [2.75, 3.05) is 13.1 Å². The predicted molar refractivity (Wildman–Crippen MR) is 90.3 cm³/mol. The van der Waals surface area contributed by atoms with Gasteiger partial charge in [0.05, 0.1) is 4.88 Å². The van der Waals surface area contributed by atoms with E-state index >= 15 is 0 Å². The number of piperidine rings is 1. The molecule has 118 valence electrons. The second-order valence-corrected chi connectivity index (χ2v) is 6.27. The van der Waals surface area contributed by atoms with E-state index in [9.17, 15) is 9.18 Å². The normalized spacial score (nSPS) is 17.6. The average Bonchev–Trinajstić information content (AvgIpc) is 2.99. The van der Waals surface area contributed by atoms with E-state index in [0.717, 1.165) is 36.4 Å². The molecular weight excluding hydrogens is 323 g/mol. The van der Waals surface area contributed by atoms with Crippen molar-refractivity contribution < 1.29 is 9.18 Å². The third-order valence-electron chi connectivity index (χ3n) is 3.59. The fourth-order valence-corrected chi connectivity index (χ4v) is 3.38. The van der Waals surface area contributed by atoms with Gasteiger partial charge in [0.15, 0.2) is 0 Å². The monoisotopic (exact) mass is 340 g/mol. The Morgan fingerprint density at radius 2 is 2.00 bits per heavy atom. The highest BCUT2D eigenvalue weighted by Crippen LogP contribution is 2.28. The number of carbonyl (C=O) groups excluding carboxylic acids is 1. The molecule has 2 aromatic rings. The maximum Gasteiger partial charge on any atom is 0.261 e. The molecule has 6 heteroatoms. The lowest BCUT2D eigenvalue weighted by atomic mass is 10.1. The zero-order valence-corrected chi connectivity index (χ0v) is 13.6. The molecule has 0 saturated carbocycles. The topological polar surface area (TPSA) is 41.1 Å². The summed E-state index contributed by atoms with van der Waals surface area (Å²) >= 11 is 1.43. The molecule has 0 spiro atoms. The van der Waals surface area contributed by atoms with Crippen LogP contribution >= 0.6 is 23.7 Å². The summed E-state index contributed by atoms with van der Waals surface area (Å²) in [6.07, 6.45) is 2.12. The molecule has 1 aromatic carbocycles. The molecule has 1 fully saturated rings. The number of hydrogen-bond acceptors (Lipinski definition) is 3. The molecule has 22 heavy (non-hydrogen) atoms. The summed E-state index contributed by atoms with van der Waals surface area (Å²) in [5, 5.41) is 6.34. The summed E-state index contributed by atoms with van der Waals surface area (Å²) in [5.74, 6) is -0.278. The van der Waals surface area contributed by atoms with E-state index in [1.165, 1.54) is 23.5 Å². The first-order chi connectivity index (χ1) is 10.2. The van der Waals surface area contributed by atoms with E-state index in [4.69, 9.17) is 0 Å². The van der Waals surface area contributed by atoms with Crippen LogP contribution in [0.4, 0.5) is 4.39 Å². The van der Waals surface area contributed by atoms with E-state index in [0.29, 0.717) is 4.88 Å². The first-order valence-electron chi connectivity index (χ1n) is 7.10. The second kappa shape index (κ2) is 7.72. The minimum absolute atomic E-state index is 0. The first-order valence-corrected chi connectivity index (χ1v) is 7.91. The van der Waals surface area contributed by atoms with Crippen LogP contribution in [0.1, 0.15) is 22.5 Å². The molecule has 1 aromatic heterocycles. The van der Waals surface area contributed by atoms with Crippen LogP contribution in [0, 0.1) is 5.82 Å². The van der Waals surface area contributed by atoms with Gasteiger partial charge in [-0.15, -0.1) is 23.7 Å². The summed E-state index contributed by atoms with van der Waals surface area (Å²) in [4.78, 5) is 13.9. The van der Waals surface area contributed by atoms with Gasteiger partial charge < -0.3 is 10.6 Å². The molecule has 2 N–H and O–H groups in total. The fourth-order valence-electron chi connectivity index (χ4n) is 2.46. The molecule has 1 unspecified atom stereocenters. The van der Waals surface area contributed by atoms with Crippen LogP contribution in [-0.2, 0) is 0 Å². The van der Waals surface area contributed by atoms with Gasteiger partial charge in [-0.3, -0.25) is 4.79 Å². The maximum atomic E-state index is 12.9. The number of halogens is 2. The largest absolute Gasteiger partial charge is 0.347 e. The van der Waals surface area contributed by atoms with Gasteiger partial charge in [0.25, 0.3) is 5.91 Å². The summed E-state index contributed by atoms with van der Waals surface area (Å²) in [6, 6.07) is 10.3. The molecule has 1 aliphatic heterocycles. The molecule has 1 saturated heterocycles. The lowest BCUT2D eigenvalue weighted by Crippen LogP contribution is -2.45. The Hall–Kier alpha value is -1.43. The number of thiophene rings is 1. The van der Waals surface area contributed by atoms with Crippen molar-refractivity contribution in [1.82, 2.24) is 10.6 Å². The molecule has 2 heterocycles. The minimum atomic E-state index is -0.252. The zero-order valence-electron chi connectivity index (χ0n) is 12.0. The highest BCUT2D eigenvalue weighted by Gasteiger charge is 2.17. The molecule has 1 aliphatic rings. The van der Waals surface area contributed by atoms with E-state index in [2.05, 4.69) is 10.6 Å². The van der Waals surface area contributed by atoms with Gasteiger partial charge in [0.2, 0.25) is 0 Å². The van der Waals surface area contributed by atoms with Crippen LogP contribution in [0.3, 0.4) is 0 Å². The van der Waals surface area contributed by atoms with Crippen molar-refractivity contribution in [3.05, 3.63) is 47.1 Å².